The molecule has 5 aromatic carbocycles. The van der Waals surface area contributed by atoms with Crippen LogP contribution in [-0.4, -0.2) is 16.7 Å². The molecule has 7 aromatic rings. The van der Waals surface area contributed by atoms with Crippen LogP contribution < -0.4 is 25.9 Å². The van der Waals surface area contributed by atoms with Gasteiger partial charge in [-0.1, -0.05) is 84.4 Å². The van der Waals surface area contributed by atoms with E-state index in [1.54, 1.807) is 18.2 Å². The first kappa shape index (κ1) is 26.9. The van der Waals surface area contributed by atoms with E-state index < -0.39 is 6.85 Å². The number of aryl methyl sites for hydroxylation is 1. The van der Waals surface area contributed by atoms with E-state index in [9.17, 15) is 0 Å². The average Bonchev–Trinajstić information content (AvgIpc) is 3.15. The molecule has 0 amide bonds. The fourth-order valence-electron chi connectivity index (χ4n) is 5.98. The number of ether oxygens (including phenoxy) is 2. The molecule has 1 radical (unpaired) electrons. The zero-order valence-electron chi connectivity index (χ0n) is 28.0. The number of hydrogen-bond acceptors (Lipinski definition) is 4. The Balaban J connectivity index is 0.000000196. The van der Waals surface area contributed by atoms with Crippen LogP contribution >= 0.6 is 0 Å². The predicted octanol–water partition coefficient (Wildman–Crippen LogP) is 7.80. The van der Waals surface area contributed by atoms with Crippen molar-refractivity contribution < 1.29 is 33.7 Å². The number of rotatable bonds is 3. The molecule has 2 aromatic heterocycles. The Morgan fingerprint density at radius 3 is 2.13 bits per heavy atom. The van der Waals surface area contributed by atoms with Crippen LogP contribution in [0.2, 0.25) is 0 Å². The van der Waals surface area contributed by atoms with Crippen LogP contribution in [0.5, 0.6) is 23.0 Å². The van der Waals surface area contributed by atoms with Crippen molar-refractivity contribution in [2.75, 3.05) is 0 Å². The maximum Gasteiger partial charge on any atom is 0.241 e. The number of benzene rings is 5. The summed E-state index contributed by atoms with van der Waals surface area (Å²) in [5.41, 5.74) is 9.11. The second kappa shape index (κ2) is 13.2. The minimum absolute atomic E-state index is 0. The van der Waals surface area contributed by atoms with Gasteiger partial charge in [-0.3, -0.25) is 0 Å². The van der Waals surface area contributed by atoms with Gasteiger partial charge in [-0.25, -0.2) is 0 Å². The van der Waals surface area contributed by atoms with Crippen LogP contribution in [-0.2, 0) is 20.1 Å². The summed E-state index contributed by atoms with van der Waals surface area (Å²) >= 11 is 0. The van der Waals surface area contributed by atoms with Crippen molar-refractivity contribution in [2.24, 2.45) is 0 Å². The molecular formula is C41H27BIrN2O2-2. The molecule has 2 aliphatic rings. The summed E-state index contributed by atoms with van der Waals surface area (Å²) in [6.45, 7) is -2.05. The smallest absolute Gasteiger partial charge is 0.241 e. The molecule has 227 valence electrons. The first-order chi connectivity index (χ1) is 23.9. The van der Waals surface area contributed by atoms with Gasteiger partial charge in [-0.15, -0.1) is 59.6 Å². The van der Waals surface area contributed by atoms with Crippen LogP contribution in [0.3, 0.4) is 0 Å². The zero-order chi connectivity index (χ0) is 33.4. The Morgan fingerprint density at radius 2 is 1.36 bits per heavy atom. The fraction of sp³-hybridized carbons (Fsp3) is 0.0244. The number of fused-ring (bicyclic) bond motifs is 4. The summed E-state index contributed by atoms with van der Waals surface area (Å²) in [5, 5.41) is 0. The number of aromatic nitrogens is 2. The van der Waals surface area contributed by atoms with Crippen LogP contribution in [0.25, 0.3) is 33.6 Å². The average molecular weight is 786 g/mol. The largest absolute Gasteiger partial charge is 0.503 e. The normalized spacial score (nSPS) is 12.9. The molecule has 0 N–H and O–H groups in total. The summed E-state index contributed by atoms with van der Waals surface area (Å²) < 4.78 is 34.4. The summed E-state index contributed by atoms with van der Waals surface area (Å²) in [4.78, 5) is 8.90. The Bertz CT molecular complexity index is 2270. The Kier molecular flexibility index (Phi) is 7.56. The molecule has 6 heteroatoms. The molecule has 47 heavy (non-hydrogen) atoms. The van der Waals surface area contributed by atoms with E-state index in [4.69, 9.17) is 18.6 Å². The van der Waals surface area contributed by atoms with E-state index >= 15 is 0 Å². The molecule has 4 heterocycles. The molecule has 0 bridgehead atoms. The van der Waals surface area contributed by atoms with Crippen molar-refractivity contribution >= 4 is 23.1 Å². The summed E-state index contributed by atoms with van der Waals surface area (Å²) in [5.74, 6) is 3.37. The molecule has 0 spiro atoms. The van der Waals surface area contributed by atoms with Crippen molar-refractivity contribution in [1.82, 2.24) is 9.97 Å². The van der Waals surface area contributed by atoms with Crippen molar-refractivity contribution in [1.29, 1.82) is 0 Å². The van der Waals surface area contributed by atoms with Gasteiger partial charge in [0.1, 0.15) is 17.2 Å². The molecule has 0 unspecified atom stereocenters. The summed E-state index contributed by atoms with van der Waals surface area (Å²) in [6, 6.07) is 49.9. The van der Waals surface area contributed by atoms with E-state index in [2.05, 4.69) is 53.5 Å². The predicted molar refractivity (Wildman–Crippen MR) is 185 cm³/mol. The third kappa shape index (κ3) is 5.90. The van der Waals surface area contributed by atoms with Crippen LogP contribution in [0, 0.1) is 19.0 Å². The minimum atomic E-state index is -2.09. The molecule has 0 fully saturated rings. The second-order valence-electron chi connectivity index (χ2n) is 11.0. The number of hydrogen-bond donors (Lipinski definition) is 0. The SMILES string of the molecule is [2H]C([2H])([2H])c1ccc(-c2[c-]cccc2)nc1.[Ir].[c-]1ccc2c(c1-c1ccc(-c3ccccc3)cn1)Oc1cccc3c1B2c1ccccc1O3. The monoisotopic (exact) mass is 786 g/mol. The zero-order valence-corrected chi connectivity index (χ0v) is 27.4. The van der Waals surface area contributed by atoms with Gasteiger partial charge in [0.2, 0.25) is 6.71 Å². The first-order valence-electron chi connectivity index (χ1n) is 16.5. The molecule has 9 rings (SSSR count). The van der Waals surface area contributed by atoms with E-state index in [0.717, 1.165) is 73.0 Å². The van der Waals surface area contributed by atoms with Gasteiger partial charge in [0.25, 0.3) is 0 Å². The van der Waals surface area contributed by atoms with E-state index in [0.29, 0.717) is 0 Å². The quantitative estimate of drug-likeness (QED) is 0.136. The minimum Gasteiger partial charge on any atom is -0.503 e. The van der Waals surface area contributed by atoms with Gasteiger partial charge >= 0.3 is 0 Å². The Hall–Kier alpha value is -5.29. The third-order valence-corrected chi connectivity index (χ3v) is 8.14. The summed E-state index contributed by atoms with van der Waals surface area (Å²) in [7, 11) is 0. The third-order valence-electron chi connectivity index (χ3n) is 8.14. The van der Waals surface area contributed by atoms with Gasteiger partial charge in [-0.05, 0) is 58.6 Å². The van der Waals surface area contributed by atoms with Gasteiger partial charge in [0, 0.05) is 47.8 Å². The van der Waals surface area contributed by atoms with Gasteiger partial charge in [0.15, 0.2) is 0 Å². The van der Waals surface area contributed by atoms with Gasteiger partial charge in [-0.2, -0.15) is 0 Å². The van der Waals surface area contributed by atoms with Crippen molar-refractivity contribution in [3.8, 4) is 56.6 Å². The molecule has 0 saturated carbocycles. The van der Waals surface area contributed by atoms with Gasteiger partial charge < -0.3 is 19.4 Å². The van der Waals surface area contributed by atoms with Crippen LogP contribution in [0.1, 0.15) is 9.68 Å². The number of para-hydroxylation sites is 1. The van der Waals surface area contributed by atoms with Gasteiger partial charge in [0.05, 0.1) is 0 Å². The van der Waals surface area contributed by atoms with Crippen molar-refractivity contribution in [2.45, 2.75) is 6.85 Å². The second-order valence-corrected chi connectivity index (χ2v) is 11.0. The standard InChI is InChI=1S/C29H17BNO2.C12H10N.Ir/c1-2-8-19(9-3-1)20-16-17-24(31-18-20)21-10-6-12-23-29(21)33-27-15-7-14-26-28(27)30(23)22-11-4-5-13-25(22)32-26;1-10-7-8-12(13-9-10)11-5-3-2-4-6-11;/h1-9,11-18H;2-5,7-9H,1H3;/q2*-1;/i;1D3;. The molecular weight excluding hydrogens is 755 g/mol. The van der Waals surface area contributed by atoms with Crippen LogP contribution in [0.4, 0.5) is 0 Å². The summed E-state index contributed by atoms with van der Waals surface area (Å²) in [6.07, 6.45) is 3.31. The Labute approximate surface area is 292 Å². The van der Waals surface area contributed by atoms with E-state index in [1.165, 1.54) is 6.20 Å². The Morgan fingerprint density at radius 1 is 0.596 bits per heavy atom. The topological polar surface area (TPSA) is 44.2 Å². The van der Waals surface area contributed by atoms with Crippen molar-refractivity contribution in [3.63, 3.8) is 0 Å². The fourth-order valence-corrected chi connectivity index (χ4v) is 5.98. The maximum absolute atomic E-state index is 7.23. The van der Waals surface area contributed by atoms with Crippen molar-refractivity contribution in [3.05, 3.63) is 164 Å². The molecule has 4 nitrogen and oxygen atoms in total. The van der Waals surface area contributed by atoms with E-state index in [-0.39, 0.29) is 32.4 Å². The molecule has 2 aliphatic heterocycles. The molecule has 0 aliphatic carbocycles. The van der Waals surface area contributed by atoms with Crippen LogP contribution in [0.15, 0.2) is 146 Å². The van der Waals surface area contributed by atoms with E-state index in [1.807, 2.05) is 85.1 Å². The maximum atomic E-state index is 7.23. The molecule has 0 saturated heterocycles. The molecule has 0 atom stereocenters. The number of pyridine rings is 2. The first-order valence-corrected chi connectivity index (χ1v) is 15.0. The number of nitrogens with zero attached hydrogens (tertiary/aromatic N) is 2.